The lowest BCUT2D eigenvalue weighted by molar-refractivity contribution is -0.140. The summed E-state index contributed by atoms with van der Waals surface area (Å²) in [7, 11) is 0. The van der Waals surface area contributed by atoms with Crippen LogP contribution in [0.1, 0.15) is 5.56 Å². The zero-order valence-electron chi connectivity index (χ0n) is 10.2. The molecule has 1 unspecified atom stereocenters. The number of nitrogens with zero attached hydrogens (tertiary/aromatic N) is 1. The third-order valence-corrected chi connectivity index (χ3v) is 3.80. The van der Waals surface area contributed by atoms with Crippen LogP contribution in [-0.2, 0) is 4.79 Å². The molecule has 0 spiro atoms. The minimum absolute atomic E-state index is 0.0611. The van der Waals surface area contributed by atoms with Gasteiger partial charge in [-0.25, -0.2) is 14.0 Å². The van der Waals surface area contributed by atoms with Crippen LogP contribution in [0.3, 0.4) is 0 Å². The summed E-state index contributed by atoms with van der Waals surface area (Å²) in [6, 6.07) is 2.90. The Morgan fingerprint density at radius 1 is 1.53 bits per heavy atom. The molecule has 1 aromatic rings. The number of halogens is 1. The molecule has 0 radical (unpaired) electrons. The molecule has 5 nitrogen and oxygen atoms in total. The average molecular weight is 284 g/mol. The van der Waals surface area contributed by atoms with E-state index in [0.29, 0.717) is 5.75 Å². The van der Waals surface area contributed by atoms with E-state index >= 15 is 0 Å². The summed E-state index contributed by atoms with van der Waals surface area (Å²) in [4.78, 5) is 24.1. The van der Waals surface area contributed by atoms with Crippen molar-refractivity contribution in [1.29, 1.82) is 0 Å². The molecule has 7 heteroatoms. The first-order valence-corrected chi connectivity index (χ1v) is 6.79. The van der Waals surface area contributed by atoms with Crippen LogP contribution < -0.4 is 5.32 Å². The minimum Gasteiger partial charge on any atom is -0.480 e. The molecule has 1 aromatic carbocycles. The quantitative estimate of drug-likeness (QED) is 0.873. The summed E-state index contributed by atoms with van der Waals surface area (Å²) in [5.74, 6) is -0.961. The molecule has 19 heavy (non-hydrogen) atoms. The van der Waals surface area contributed by atoms with Gasteiger partial charge < -0.3 is 15.3 Å². The average Bonchev–Trinajstić information content (AvgIpc) is 2.83. The number of aryl methyl sites for hydroxylation is 1. The number of hydrogen-bond donors (Lipinski definition) is 2. The molecule has 0 saturated carbocycles. The number of amides is 2. The van der Waals surface area contributed by atoms with Crippen molar-refractivity contribution < 1.29 is 19.1 Å². The summed E-state index contributed by atoms with van der Waals surface area (Å²) < 4.78 is 13.5. The smallest absolute Gasteiger partial charge is 0.327 e. The minimum atomic E-state index is -1.05. The summed E-state index contributed by atoms with van der Waals surface area (Å²) in [5.41, 5.74) is 0.869. The van der Waals surface area contributed by atoms with Gasteiger partial charge in [-0.1, -0.05) is 6.07 Å². The lowest BCUT2D eigenvalue weighted by Crippen LogP contribution is -2.44. The van der Waals surface area contributed by atoms with E-state index in [1.54, 1.807) is 13.0 Å². The van der Waals surface area contributed by atoms with Crippen molar-refractivity contribution in [2.75, 3.05) is 16.9 Å². The van der Waals surface area contributed by atoms with E-state index in [0.717, 1.165) is 5.56 Å². The normalized spacial score (nSPS) is 18.4. The van der Waals surface area contributed by atoms with Gasteiger partial charge in [-0.2, -0.15) is 0 Å². The van der Waals surface area contributed by atoms with Crippen LogP contribution >= 0.6 is 11.8 Å². The Labute approximate surface area is 113 Å². The number of carboxylic acid groups (broad SMARTS) is 1. The number of anilines is 1. The molecule has 2 amide bonds. The Morgan fingerprint density at radius 2 is 2.26 bits per heavy atom. The second-order valence-corrected chi connectivity index (χ2v) is 5.24. The molecule has 1 fully saturated rings. The fraction of sp³-hybridized carbons (Fsp3) is 0.333. The molecule has 2 rings (SSSR count). The molecule has 1 aliphatic rings. The van der Waals surface area contributed by atoms with Crippen molar-refractivity contribution in [3.05, 3.63) is 29.6 Å². The molecular formula is C12H13FN2O3S. The molecular weight excluding hydrogens is 271 g/mol. The maximum absolute atomic E-state index is 13.5. The Kier molecular flexibility index (Phi) is 3.94. The number of aliphatic carboxylic acids is 1. The van der Waals surface area contributed by atoms with Gasteiger partial charge in [-0.05, 0) is 24.6 Å². The van der Waals surface area contributed by atoms with Crippen molar-refractivity contribution in [1.82, 2.24) is 4.90 Å². The highest BCUT2D eigenvalue weighted by Crippen LogP contribution is 2.23. The van der Waals surface area contributed by atoms with Gasteiger partial charge in [0.2, 0.25) is 0 Å². The van der Waals surface area contributed by atoms with Gasteiger partial charge in [0.05, 0.1) is 11.6 Å². The van der Waals surface area contributed by atoms with Crippen molar-refractivity contribution in [2.24, 2.45) is 0 Å². The summed E-state index contributed by atoms with van der Waals surface area (Å²) in [5, 5.41) is 11.4. The van der Waals surface area contributed by atoms with Crippen LogP contribution in [0.25, 0.3) is 0 Å². The second kappa shape index (κ2) is 5.48. The van der Waals surface area contributed by atoms with Gasteiger partial charge in [0.1, 0.15) is 11.9 Å². The predicted molar refractivity (Wildman–Crippen MR) is 70.7 cm³/mol. The van der Waals surface area contributed by atoms with Gasteiger partial charge in [0.15, 0.2) is 0 Å². The molecule has 102 valence electrons. The zero-order valence-corrected chi connectivity index (χ0v) is 11.0. The van der Waals surface area contributed by atoms with E-state index in [9.17, 15) is 14.0 Å². The van der Waals surface area contributed by atoms with E-state index in [2.05, 4.69) is 5.32 Å². The van der Waals surface area contributed by atoms with Crippen molar-refractivity contribution in [3.8, 4) is 0 Å². The van der Waals surface area contributed by atoms with Gasteiger partial charge in [-0.15, -0.1) is 11.8 Å². The Hall–Kier alpha value is -1.76. The number of benzene rings is 1. The SMILES string of the molecule is Cc1ccc(F)c(NC(=O)N2CSCC2C(=O)O)c1. The van der Waals surface area contributed by atoms with Gasteiger partial charge in [-0.3, -0.25) is 0 Å². The first-order valence-electron chi connectivity index (χ1n) is 5.63. The number of thioether (sulfide) groups is 1. The monoisotopic (exact) mass is 284 g/mol. The highest BCUT2D eigenvalue weighted by atomic mass is 32.2. The van der Waals surface area contributed by atoms with Crippen molar-refractivity contribution in [3.63, 3.8) is 0 Å². The fourth-order valence-corrected chi connectivity index (χ4v) is 2.91. The Bertz CT molecular complexity index is 524. The molecule has 1 atom stereocenters. The van der Waals surface area contributed by atoms with Crippen LogP contribution in [0.4, 0.5) is 14.9 Å². The first kappa shape index (κ1) is 13.7. The molecule has 1 heterocycles. The number of nitrogens with one attached hydrogen (secondary N) is 1. The standard InChI is InChI=1S/C12H13FN2O3S/c1-7-2-3-8(13)9(4-7)14-12(18)15-6-19-5-10(15)11(16)17/h2-4,10H,5-6H2,1H3,(H,14,18)(H,16,17). The second-order valence-electron chi connectivity index (χ2n) is 4.24. The van der Waals surface area contributed by atoms with Crippen LogP contribution in [0.15, 0.2) is 18.2 Å². The first-order chi connectivity index (χ1) is 8.99. The number of carbonyl (C=O) groups excluding carboxylic acids is 1. The number of carbonyl (C=O) groups is 2. The third-order valence-electron chi connectivity index (χ3n) is 2.79. The molecule has 0 aromatic heterocycles. The molecule has 2 N–H and O–H groups in total. The number of urea groups is 1. The number of carboxylic acids is 1. The largest absolute Gasteiger partial charge is 0.480 e. The van der Waals surface area contributed by atoms with Crippen LogP contribution in [0, 0.1) is 12.7 Å². The van der Waals surface area contributed by atoms with E-state index in [-0.39, 0.29) is 11.6 Å². The van der Waals surface area contributed by atoms with Crippen LogP contribution in [0.2, 0.25) is 0 Å². The summed E-state index contributed by atoms with van der Waals surface area (Å²) in [6.45, 7) is 1.78. The highest BCUT2D eigenvalue weighted by molar-refractivity contribution is 7.99. The van der Waals surface area contributed by atoms with E-state index in [1.807, 2.05) is 0 Å². The van der Waals surface area contributed by atoms with Gasteiger partial charge in [0.25, 0.3) is 0 Å². The van der Waals surface area contributed by atoms with Crippen molar-refractivity contribution >= 4 is 29.4 Å². The molecule has 0 aliphatic carbocycles. The lowest BCUT2D eigenvalue weighted by atomic mass is 10.2. The molecule has 1 aliphatic heterocycles. The van der Waals surface area contributed by atoms with Crippen LogP contribution in [0.5, 0.6) is 0 Å². The fourth-order valence-electron chi connectivity index (χ4n) is 1.77. The zero-order chi connectivity index (χ0) is 14.0. The van der Waals surface area contributed by atoms with E-state index in [4.69, 9.17) is 5.11 Å². The molecule has 1 saturated heterocycles. The maximum atomic E-state index is 13.5. The Balaban J connectivity index is 2.12. The topological polar surface area (TPSA) is 69.6 Å². The molecule has 0 bridgehead atoms. The third kappa shape index (κ3) is 2.98. The number of rotatable bonds is 2. The van der Waals surface area contributed by atoms with E-state index < -0.39 is 23.9 Å². The summed E-state index contributed by atoms with van der Waals surface area (Å²) in [6.07, 6.45) is 0. The lowest BCUT2D eigenvalue weighted by Gasteiger charge is -2.21. The number of hydrogen-bond acceptors (Lipinski definition) is 3. The van der Waals surface area contributed by atoms with Gasteiger partial charge >= 0.3 is 12.0 Å². The Morgan fingerprint density at radius 3 is 2.95 bits per heavy atom. The van der Waals surface area contributed by atoms with Crippen LogP contribution in [-0.4, -0.2) is 39.7 Å². The predicted octanol–water partition coefficient (Wildman–Crippen LogP) is 2.13. The van der Waals surface area contributed by atoms with Gasteiger partial charge in [0, 0.05) is 5.75 Å². The van der Waals surface area contributed by atoms with Crippen molar-refractivity contribution in [2.45, 2.75) is 13.0 Å². The van der Waals surface area contributed by atoms with E-state index in [1.165, 1.54) is 28.8 Å². The summed E-state index contributed by atoms with van der Waals surface area (Å²) >= 11 is 1.36. The maximum Gasteiger partial charge on any atom is 0.327 e. The highest BCUT2D eigenvalue weighted by Gasteiger charge is 2.34.